The maximum atomic E-state index is 11.9. The SMILES string of the molecule is Cc1ccc(C(=O)COC(=O)/C=C/c2cccc3cccnc23)s1. The third-order valence-electron chi connectivity index (χ3n) is 3.42. The van der Waals surface area contributed by atoms with Gasteiger partial charge in [0.25, 0.3) is 0 Å². The van der Waals surface area contributed by atoms with Crippen LogP contribution in [0.4, 0.5) is 0 Å². The molecule has 0 atom stereocenters. The molecular formula is C19H15NO3S. The number of thiophene rings is 1. The number of hydrogen-bond donors (Lipinski definition) is 0. The van der Waals surface area contributed by atoms with Crippen LogP contribution in [-0.2, 0) is 9.53 Å². The molecular weight excluding hydrogens is 322 g/mol. The zero-order valence-corrected chi connectivity index (χ0v) is 13.9. The van der Waals surface area contributed by atoms with Crippen LogP contribution in [-0.4, -0.2) is 23.3 Å². The summed E-state index contributed by atoms with van der Waals surface area (Å²) in [6.45, 7) is 1.67. The Balaban J connectivity index is 1.64. The van der Waals surface area contributed by atoms with Crippen molar-refractivity contribution in [1.82, 2.24) is 4.98 Å². The van der Waals surface area contributed by atoms with Crippen molar-refractivity contribution in [1.29, 1.82) is 0 Å². The first-order valence-corrected chi connectivity index (χ1v) is 8.23. The van der Waals surface area contributed by atoms with Gasteiger partial charge >= 0.3 is 5.97 Å². The fraction of sp³-hybridized carbons (Fsp3) is 0.105. The van der Waals surface area contributed by atoms with E-state index in [4.69, 9.17) is 4.74 Å². The molecule has 0 radical (unpaired) electrons. The largest absolute Gasteiger partial charge is 0.454 e. The lowest BCUT2D eigenvalue weighted by molar-refractivity contribution is -0.136. The van der Waals surface area contributed by atoms with Gasteiger partial charge < -0.3 is 4.74 Å². The number of esters is 1. The zero-order valence-electron chi connectivity index (χ0n) is 13.1. The average molecular weight is 337 g/mol. The first-order valence-electron chi connectivity index (χ1n) is 7.42. The maximum Gasteiger partial charge on any atom is 0.331 e. The van der Waals surface area contributed by atoms with Crippen molar-refractivity contribution in [3.63, 3.8) is 0 Å². The number of aromatic nitrogens is 1. The lowest BCUT2D eigenvalue weighted by Crippen LogP contribution is -2.11. The van der Waals surface area contributed by atoms with Gasteiger partial charge in [0.15, 0.2) is 6.61 Å². The number of ketones is 1. The summed E-state index contributed by atoms with van der Waals surface area (Å²) in [4.78, 5) is 29.7. The van der Waals surface area contributed by atoms with Gasteiger partial charge in [-0.25, -0.2) is 4.79 Å². The molecule has 0 aliphatic heterocycles. The number of benzene rings is 1. The monoisotopic (exact) mass is 337 g/mol. The van der Waals surface area contributed by atoms with Gasteiger partial charge in [0.1, 0.15) is 0 Å². The number of ether oxygens (including phenoxy) is 1. The lowest BCUT2D eigenvalue weighted by atomic mass is 10.1. The average Bonchev–Trinajstić information content (AvgIpc) is 3.04. The topological polar surface area (TPSA) is 56.3 Å². The highest BCUT2D eigenvalue weighted by atomic mass is 32.1. The van der Waals surface area contributed by atoms with Gasteiger partial charge in [-0.3, -0.25) is 9.78 Å². The second-order valence-corrected chi connectivity index (χ2v) is 6.48. The minimum Gasteiger partial charge on any atom is -0.454 e. The third kappa shape index (κ3) is 3.75. The molecule has 0 aliphatic carbocycles. The van der Waals surface area contributed by atoms with Crippen molar-refractivity contribution < 1.29 is 14.3 Å². The highest BCUT2D eigenvalue weighted by molar-refractivity contribution is 7.14. The van der Waals surface area contributed by atoms with Crippen LogP contribution in [0.5, 0.6) is 0 Å². The summed E-state index contributed by atoms with van der Waals surface area (Å²) in [5.74, 6) is -0.744. The summed E-state index contributed by atoms with van der Waals surface area (Å²) < 4.78 is 5.01. The molecule has 2 aromatic heterocycles. The number of fused-ring (bicyclic) bond motifs is 1. The van der Waals surface area contributed by atoms with Crippen LogP contribution in [0.1, 0.15) is 20.1 Å². The Bertz CT molecular complexity index is 922. The van der Waals surface area contributed by atoms with Gasteiger partial charge in [-0.1, -0.05) is 24.3 Å². The van der Waals surface area contributed by atoms with Crippen LogP contribution in [0.3, 0.4) is 0 Å². The van der Waals surface area contributed by atoms with Gasteiger partial charge in [0.2, 0.25) is 5.78 Å². The van der Waals surface area contributed by atoms with E-state index >= 15 is 0 Å². The normalized spacial score (nSPS) is 11.0. The van der Waals surface area contributed by atoms with E-state index in [9.17, 15) is 9.59 Å². The Kier molecular flexibility index (Phi) is 4.82. The summed E-state index contributed by atoms with van der Waals surface area (Å²) in [6.07, 6.45) is 4.67. The van der Waals surface area contributed by atoms with E-state index < -0.39 is 5.97 Å². The number of Topliss-reactive ketones (excluding diaryl/α,β-unsaturated/α-hetero) is 1. The Hall–Kier alpha value is -2.79. The molecule has 1 aromatic carbocycles. The molecule has 0 unspecified atom stereocenters. The molecule has 3 rings (SSSR count). The Labute approximate surface area is 143 Å². The molecule has 5 heteroatoms. The molecule has 24 heavy (non-hydrogen) atoms. The number of para-hydroxylation sites is 1. The smallest absolute Gasteiger partial charge is 0.331 e. The Morgan fingerprint density at radius 1 is 1.17 bits per heavy atom. The third-order valence-corrected chi connectivity index (χ3v) is 4.47. The van der Waals surface area contributed by atoms with Crippen molar-refractivity contribution in [3.05, 3.63) is 70.1 Å². The van der Waals surface area contributed by atoms with Gasteiger partial charge in [-0.2, -0.15) is 0 Å². The van der Waals surface area contributed by atoms with Gasteiger partial charge in [-0.05, 0) is 31.2 Å². The summed E-state index contributed by atoms with van der Waals surface area (Å²) in [6, 6.07) is 13.2. The first-order chi connectivity index (χ1) is 11.6. The van der Waals surface area contributed by atoms with E-state index in [1.807, 2.05) is 43.3 Å². The fourth-order valence-corrected chi connectivity index (χ4v) is 3.05. The Morgan fingerprint density at radius 2 is 2.00 bits per heavy atom. The molecule has 4 nitrogen and oxygen atoms in total. The summed E-state index contributed by atoms with van der Waals surface area (Å²) >= 11 is 1.39. The number of carbonyl (C=O) groups is 2. The van der Waals surface area contributed by atoms with Crippen molar-refractivity contribution in [2.24, 2.45) is 0 Å². The molecule has 3 aromatic rings. The number of nitrogens with zero attached hydrogens (tertiary/aromatic N) is 1. The Morgan fingerprint density at radius 3 is 2.79 bits per heavy atom. The predicted octanol–water partition coefficient (Wildman–Crippen LogP) is 4.04. The number of pyridine rings is 1. The van der Waals surface area contributed by atoms with E-state index in [0.29, 0.717) is 4.88 Å². The molecule has 0 amide bonds. The van der Waals surface area contributed by atoms with Crippen molar-refractivity contribution in [3.8, 4) is 0 Å². The highest BCUT2D eigenvalue weighted by Gasteiger charge is 2.10. The van der Waals surface area contributed by atoms with Crippen LogP contribution in [0.25, 0.3) is 17.0 Å². The van der Waals surface area contributed by atoms with Crippen molar-refractivity contribution in [2.75, 3.05) is 6.61 Å². The quantitative estimate of drug-likeness (QED) is 0.400. The minimum absolute atomic E-state index is 0.193. The molecule has 0 saturated heterocycles. The number of carbonyl (C=O) groups excluding carboxylic acids is 2. The lowest BCUT2D eigenvalue weighted by Gasteiger charge is -2.01. The molecule has 2 heterocycles. The van der Waals surface area contributed by atoms with Crippen LogP contribution in [0.2, 0.25) is 0 Å². The predicted molar refractivity (Wildman–Crippen MR) is 95.1 cm³/mol. The van der Waals surface area contributed by atoms with Gasteiger partial charge in [-0.15, -0.1) is 11.3 Å². The molecule has 0 aliphatic rings. The summed E-state index contributed by atoms with van der Waals surface area (Å²) in [5.41, 5.74) is 1.64. The van der Waals surface area contributed by atoms with Crippen molar-refractivity contribution in [2.45, 2.75) is 6.92 Å². The molecule has 0 spiro atoms. The van der Waals surface area contributed by atoms with E-state index in [1.165, 1.54) is 17.4 Å². The summed E-state index contributed by atoms with van der Waals surface area (Å²) in [7, 11) is 0. The van der Waals surface area contributed by atoms with Crippen LogP contribution < -0.4 is 0 Å². The van der Waals surface area contributed by atoms with Crippen molar-refractivity contribution >= 4 is 40.1 Å². The second-order valence-electron chi connectivity index (χ2n) is 5.20. The summed E-state index contributed by atoms with van der Waals surface area (Å²) in [5, 5.41) is 0.997. The second kappa shape index (κ2) is 7.19. The molecule has 0 N–H and O–H groups in total. The first kappa shape index (κ1) is 16.1. The van der Waals surface area contributed by atoms with Gasteiger partial charge in [0.05, 0.1) is 10.4 Å². The standard InChI is InChI=1S/C19H15NO3S/c1-13-7-9-17(24-13)16(21)12-23-18(22)10-8-15-5-2-4-14-6-3-11-20-19(14)15/h2-11H,12H2,1H3/b10-8+. The van der Waals surface area contributed by atoms with E-state index in [0.717, 1.165) is 21.3 Å². The molecule has 0 bridgehead atoms. The van der Waals surface area contributed by atoms with Crippen LogP contribution >= 0.6 is 11.3 Å². The van der Waals surface area contributed by atoms with Gasteiger partial charge in [0, 0.05) is 28.1 Å². The number of hydrogen-bond acceptors (Lipinski definition) is 5. The van der Waals surface area contributed by atoms with Crippen LogP contribution in [0, 0.1) is 6.92 Å². The zero-order chi connectivity index (χ0) is 16.9. The highest BCUT2D eigenvalue weighted by Crippen LogP contribution is 2.17. The van der Waals surface area contributed by atoms with E-state index in [1.54, 1.807) is 18.3 Å². The number of rotatable bonds is 5. The van der Waals surface area contributed by atoms with Crippen LogP contribution in [0.15, 0.2) is 54.7 Å². The minimum atomic E-state index is -0.551. The molecule has 120 valence electrons. The molecule has 0 saturated carbocycles. The van der Waals surface area contributed by atoms with E-state index in [2.05, 4.69) is 4.98 Å². The maximum absolute atomic E-state index is 11.9. The van der Waals surface area contributed by atoms with E-state index in [-0.39, 0.29) is 12.4 Å². The fourth-order valence-electron chi connectivity index (χ4n) is 2.26. The number of aryl methyl sites for hydroxylation is 1. The molecule has 0 fully saturated rings.